The van der Waals surface area contributed by atoms with Gasteiger partial charge in [0.2, 0.25) is 0 Å². The lowest BCUT2D eigenvalue weighted by Gasteiger charge is -2.07. The van der Waals surface area contributed by atoms with Crippen LogP contribution in [0.15, 0.2) is 36.8 Å². The molecule has 0 amide bonds. The number of carbonyl (C=O) groups is 1. The van der Waals surface area contributed by atoms with Gasteiger partial charge in [0, 0.05) is 11.9 Å². The van der Waals surface area contributed by atoms with E-state index in [0.29, 0.717) is 5.69 Å². The van der Waals surface area contributed by atoms with Crippen LogP contribution in [0, 0.1) is 5.82 Å². The molecule has 0 saturated carbocycles. The molecule has 17 heavy (non-hydrogen) atoms. The lowest BCUT2D eigenvalue weighted by atomic mass is 10.2. The lowest BCUT2D eigenvalue weighted by molar-refractivity contribution is 0.0697. The molecular formula is C11H8FN3O2. The molecule has 2 rings (SSSR count). The van der Waals surface area contributed by atoms with Crippen LogP contribution in [0.25, 0.3) is 0 Å². The van der Waals surface area contributed by atoms with E-state index in [1.54, 1.807) is 6.07 Å². The maximum Gasteiger partial charge on any atom is 0.341 e. The van der Waals surface area contributed by atoms with E-state index in [1.165, 1.54) is 30.7 Å². The van der Waals surface area contributed by atoms with E-state index in [9.17, 15) is 9.18 Å². The van der Waals surface area contributed by atoms with Gasteiger partial charge in [0.1, 0.15) is 23.5 Å². The maximum atomic E-state index is 12.9. The van der Waals surface area contributed by atoms with Crippen molar-refractivity contribution in [3.63, 3.8) is 0 Å². The van der Waals surface area contributed by atoms with Crippen LogP contribution in [0.4, 0.5) is 15.9 Å². The SMILES string of the molecule is O=C(O)c1cncnc1Nc1cccc(F)c1. The average molecular weight is 233 g/mol. The summed E-state index contributed by atoms with van der Waals surface area (Å²) >= 11 is 0. The third kappa shape index (κ3) is 2.54. The molecule has 0 aliphatic heterocycles. The Morgan fingerprint density at radius 2 is 2.24 bits per heavy atom. The maximum absolute atomic E-state index is 12.9. The Balaban J connectivity index is 2.33. The Morgan fingerprint density at radius 1 is 1.41 bits per heavy atom. The van der Waals surface area contributed by atoms with Gasteiger partial charge in [-0.3, -0.25) is 0 Å². The van der Waals surface area contributed by atoms with Crippen LogP contribution in [0.5, 0.6) is 0 Å². The number of anilines is 2. The molecule has 1 aromatic heterocycles. The number of hydrogen-bond acceptors (Lipinski definition) is 4. The Kier molecular flexibility index (Phi) is 2.95. The van der Waals surface area contributed by atoms with Crippen LogP contribution in [-0.2, 0) is 0 Å². The minimum Gasteiger partial charge on any atom is -0.477 e. The van der Waals surface area contributed by atoms with E-state index in [-0.39, 0.29) is 11.4 Å². The minimum absolute atomic E-state index is 0.0724. The highest BCUT2D eigenvalue weighted by atomic mass is 19.1. The molecule has 0 spiro atoms. The quantitative estimate of drug-likeness (QED) is 0.848. The molecule has 0 atom stereocenters. The largest absolute Gasteiger partial charge is 0.477 e. The van der Waals surface area contributed by atoms with Crippen LogP contribution in [0.3, 0.4) is 0 Å². The van der Waals surface area contributed by atoms with Gasteiger partial charge in [-0.05, 0) is 18.2 Å². The van der Waals surface area contributed by atoms with Crippen molar-refractivity contribution < 1.29 is 14.3 Å². The number of benzene rings is 1. The second kappa shape index (κ2) is 4.56. The van der Waals surface area contributed by atoms with Gasteiger partial charge in [0.05, 0.1) is 0 Å². The summed E-state index contributed by atoms with van der Waals surface area (Å²) in [7, 11) is 0. The Labute approximate surface area is 96.0 Å². The van der Waals surface area contributed by atoms with Gasteiger partial charge in [-0.2, -0.15) is 0 Å². The molecule has 2 N–H and O–H groups in total. The van der Waals surface area contributed by atoms with E-state index in [4.69, 9.17) is 5.11 Å². The van der Waals surface area contributed by atoms with E-state index < -0.39 is 11.8 Å². The molecule has 0 fully saturated rings. The number of nitrogens with one attached hydrogen (secondary N) is 1. The monoisotopic (exact) mass is 233 g/mol. The Morgan fingerprint density at radius 3 is 2.94 bits per heavy atom. The van der Waals surface area contributed by atoms with E-state index in [2.05, 4.69) is 15.3 Å². The molecule has 2 aromatic rings. The van der Waals surface area contributed by atoms with Gasteiger partial charge >= 0.3 is 5.97 Å². The summed E-state index contributed by atoms with van der Waals surface area (Å²) in [6.07, 6.45) is 2.39. The smallest absolute Gasteiger partial charge is 0.341 e. The third-order valence-corrected chi connectivity index (χ3v) is 2.03. The van der Waals surface area contributed by atoms with Crippen LogP contribution >= 0.6 is 0 Å². The summed E-state index contributed by atoms with van der Waals surface area (Å²) in [5.74, 6) is -1.44. The first-order chi connectivity index (χ1) is 8.16. The Bertz CT molecular complexity index is 560. The fourth-order valence-corrected chi connectivity index (χ4v) is 1.29. The first kappa shape index (κ1) is 11.0. The average Bonchev–Trinajstić information content (AvgIpc) is 2.29. The minimum atomic E-state index is -1.15. The topological polar surface area (TPSA) is 75.1 Å². The second-order valence-electron chi connectivity index (χ2n) is 3.23. The van der Waals surface area contributed by atoms with Crippen LogP contribution < -0.4 is 5.32 Å². The molecule has 0 aliphatic carbocycles. The number of halogens is 1. The number of aromatic nitrogens is 2. The molecule has 0 unspecified atom stereocenters. The van der Waals surface area contributed by atoms with Crippen molar-refractivity contribution in [1.82, 2.24) is 9.97 Å². The number of aromatic carboxylic acids is 1. The standard InChI is InChI=1S/C11H8FN3O2/c12-7-2-1-3-8(4-7)15-10-9(11(16)17)5-13-6-14-10/h1-6H,(H,16,17)(H,13,14,15). The van der Waals surface area contributed by atoms with Gasteiger partial charge in [-0.1, -0.05) is 6.07 Å². The fourth-order valence-electron chi connectivity index (χ4n) is 1.29. The van der Waals surface area contributed by atoms with Crippen molar-refractivity contribution in [2.75, 3.05) is 5.32 Å². The molecule has 0 radical (unpaired) electrons. The molecule has 6 heteroatoms. The zero-order valence-electron chi connectivity index (χ0n) is 8.59. The predicted molar refractivity (Wildman–Crippen MR) is 58.7 cm³/mol. The van der Waals surface area contributed by atoms with E-state index >= 15 is 0 Å². The highest BCUT2D eigenvalue weighted by Gasteiger charge is 2.11. The molecule has 86 valence electrons. The van der Waals surface area contributed by atoms with Crippen molar-refractivity contribution in [2.45, 2.75) is 0 Å². The van der Waals surface area contributed by atoms with Gasteiger partial charge in [-0.15, -0.1) is 0 Å². The molecule has 1 aromatic carbocycles. The summed E-state index contributed by atoms with van der Waals surface area (Å²) in [6.45, 7) is 0. The Hall–Kier alpha value is -2.50. The molecule has 0 bridgehead atoms. The highest BCUT2D eigenvalue weighted by Crippen LogP contribution is 2.18. The van der Waals surface area contributed by atoms with Gasteiger partial charge < -0.3 is 10.4 Å². The summed E-state index contributed by atoms with van der Waals surface area (Å²) in [5.41, 5.74) is 0.350. The zero-order valence-corrected chi connectivity index (χ0v) is 8.59. The van der Waals surface area contributed by atoms with Crippen LogP contribution in [0.1, 0.15) is 10.4 Å². The zero-order chi connectivity index (χ0) is 12.3. The van der Waals surface area contributed by atoms with E-state index in [1.807, 2.05) is 0 Å². The second-order valence-corrected chi connectivity index (χ2v) is 3.23. The van der Waals surface area contributed by atoms with Gasteiger partial charge in [0.25, 0.3) is 0 Å². The van der Waals surface area contributed by atoms with Crippen LogP contribution in [-0.4, -0.2) is 21.0 Å². The lowest BCUT2D eigenvalue weighted by Crippen LogP contribution is -2.05. The van der Waals surface area contributed by atoms with E-state index in [0.717, 1.165) is 0 Å². The summed E-state index contributed by atoms with van der Waals surface area (Å²) in [4.78, 5) is 18.3. The number of carboxylic acids is 1. The normalized spacial score (nSPS) is 9.94. The number of rotatable bonds is 3. The van der Waals surface area contributed by atoms with Crippen molar-refractivity contribution >= 4 is 17.5 Å². The molecule has 0 saturated heterocycles. The van der Waals surface area contributed by atoms with Gasteiger partial charge in [0.15, 0.2) is 0 Å². The molecule has 1 heterocycles. The highest BCUT2D eigenvalue weighted by molar-refractivity contribution is 5.93. The molecule has 5 nitrogen and oxygen atoms in total. The molecule has 0 aliphatic rings. The fraction of sp³-hybridized carbons (Fsp3) is 0. The summed E-state index contributed by atoms with van der Waals surface area (Å²) < 4.78 is 12.9. The number of nitrogens with zero attached hydrogens (tertiary/aromatic N) is 2. The summed E-state index contributed by atoms with van der Waals surface area (Å²) in [5, 5.41) is 11.6. The van der Waals surface area contributed by atoms with Crippen molar-refractivity contribution in [2.24, 2.45) is 0 Å². The number of hydrogen-bond donors (Lipinski definition) is 2. The van der Waals surface area contributed by atoms with Crippen molar-refractivity contribution in [3.8, 4) is 0 Å². The predicted octanol–water partition coefficient (Wildman–Crippen LogP) is 2.06. The number of carboxylic acid groups (broad SMARTS) is 1. The first-order valence-electron chi connectivity index (χ1n) is 4.72. The third-order valence-electron chi connectivity index (χ3n) is 2.03. The van der Waals surface area contributed by atoms with Crippen molar-refractivity contribution in [3.05, 3.63) is 48.2 Å². The summed E-state index contributed by atoms with van der Waals surface area (Å²) in [6, 6.07) is 5.66. The first-order valence-corrected chi connectivity index (χ1v) is 4.72. The van der Waals surface area contributed by atoms with Gasteiger partial charge in [-0.25, -0.2) is 19.2 Å². The van der Waals surface area contributed by atoms with Crippen LogP contribution in [0.2, 0.25) is 0 Å². The van der Waals surface area contributed by atoms with Crippen molar-refractivity contribution in [1.29, 1.82) is 0 Å². The molecular weight excluding hydrogens is 225 g/mol.